The molecule has 1 N–H and O–H groups in total. The number of hydrogen-bond acceptors (Lipinski definition) is 6. The van der Waals surface area contributed by atoms with Crippen molar-refractivity contribution >= 4 is 26.6 Å². The fourth-order valence-corrected chi connectivity index (χ4v) is 6.26. The Bertz CT molecular complexity index is 1210. The number of anilines is 1. The average molecular weight is 431 g/mol. The number of nitrogens with one attached hydrogen (secondary N) is 1. The molecule has 0 aliphatic carbocycles. The van der Waals surface area contributed by atoms with Crippen LogP contribution in [0.4, 0.5) is 10.2 Å². The second-order valence-corrected chi connectivity index (χ2v) is 10.3. The van der Waals surface area contributed by atoms with Crippen molar-refractivity contribution in [2.45, 2.75) is 31.1 Å². The molecule has 0 unspecified atom stereocenters. The van der Waals surface area contributed by atoms with E-state index in [0.29, 0.717) is 61.0 Å². The first-order valence-electron chi connectivity index (χ1n) is 10.1. The van der Waals surface area contributed by atoms with Crippen molar-refractivity contribution < 1.29 is 17.5 Å². The summed E-state index contributed by atoms with van der Waals surface area (Å²) in [5.74, 6) is 0.763. The van der Waals surface area contributed by atoms with E-state index < -0.39 is 20.9 Å². The summed E-state index contributed by atoms with van der Waals surface area (Å²) in [6, 6.07) is 6.56. The molecule has 2 saturated heterocycles. The normalized spacial score (nSPS) is 23.9. The minimum absolute atomic E-state index is 0.0920. The fraction of sp³-hybridized carbons (Fsp3) is 0.429. The minimum Gasteiger partial charge on any atom is -0.377 e. The average Bonchev–Trinajstić information content (AvgIpc) is 3.32. The topological polar surface area (TPSA) is 88.2 Å². The molecule has 7 nitrogen and oxygen atoms in total. The maximum Gasteiger partial charge on any atom is 0.162 e. The first kappa shape index (κ1) is 19.4. The van der Waals surface area contributed by atoms with Gasteiger partial charge in [-0.25, -0.2) is 22.8 Å². The standard InChI is InChI=1S/C21H23FN4O3S/c1-13-12-29-7-6-26(13)20-11-18(19-3-2-8-30(19,27)28)24-21(25-20)16-9-14(22)10-17-15(16)4-5-23-17/h4-5,9-11,13,19,23H,2-3,6-8,12H2,1H3/t13-,19+/m1/s1. The SMILES string of the molecule is C[C@@H]1COCCN1c1cc([C@@H]2CCCS2(=O)=O)nc(-c2cc(F)cc3[nH]ccc23)n1. The molecule has 2 aromatic heterocycles. The Kier molecular flexibility index (Phi) is 4.74. The second-order valence-electron chi connectivity index (χ2n) is 7.98. The zero-order valence-electron chi connectivity index (χ0n) is 16.6. The van der Waals surface area contributed by atoms with Crippen LogP contribution in [0.5, 0.6) is 0 Å². The van der Waals surface area contributed by atoms with Gasteiger partial charge in [0.1, 0.15) is 16.9 Å². The van der Waals surface area contributed by atoms with Crippen LogP contribution in [-0.2, 0) is 14.6 Å². The molecular weight excluding hydrogens is 407 g/mol. The Morgan fingerprint density at radius 2 is 2.13 bits per heavy atom. The third kappa shape index (κ3) is 3.35. The molecule has 0 spiro atoms. The molecule has 2 atom stereocenters. The highest BCUT2D eigenvalue weighted by atomic mass is 32.2. The number of rotatable bonds is 3. The minimum atomic E-state index is -3.25. The summed E-state index contributed by atoms with van der Waals surface area (Å²) in [5, 5.41) is 0.147. The lowest BCUT2D eigenvalue weighted by Gasteiger charge is -2.34. The summed E-state index contributed by atoms with van der Waals surface area (Å²) in [6.07, 6.45) is 2.90. The maximum atomic E-state index is 14.3. The van der Waals surface area contributed by atoms with Crippen LogP contribution in [0, 0.1) is 5.82 Å². The summed E-state index contributed by atoms with van der Waals surface area (Å²) in [7, 11) is -3.25. The van der Waals surface area contributed by atoms with Crippen molar-refractivity contribution in [1.82, 2.24) is 15.0 Å². The van der Waals surface area contributed by atoms with Crippen LogP contribution in [0.15, 0.2) is 30.5 Å². The van der Waals surface area contributed by atoms with Crippen LogP contribution in [0.3, 0.4) is 0 Å². The van der Waals surface area contributed by atoms with E-state index in [1.54, 1.807) is 12.3 Å². The molecule has 3 aromatic rings. The lowest BCUT2D eigenvalue weighted by atomic mass is 10.1. The van der Waals surface area contributed by atoms with Gasteiger partial charge in [0.05, 0.1) is 30.7 Å². The van der Waals surface area contributed by atoms with Gasteiger partial charge in [-0.15, -0.1) is 0 Å². The van der Waals surface area contributed by atoms with E-state index in [9.17, 15) is 12.8 Å². The van der Waals surface area contributed by atoms with Gasteiger partial charge in [0, 0.05) is 35.3 Å². The van der Waals surface area contributed by atoms with E-state index in [2.05, 4.69) is 14.9 Å². The molecule has 158 valence electrons. The van der Waals surface area contributed by atoms with Gasteiger partial charge in [-0.05, 0) is 38.0 Å². The Morgan fingerprint density at radius 3 is 2.90 bits per heavy atom. The van der Waals surface area contributed by atoms with Gasteiger partial charge in [-0.2, -0.15) is 0 Å². The highest BCUT2D eigenvalue weighted by molar-refractivity contribution is 7.91. The van der Waals surface area contributed by atoms with Crippen LogP contribution < -0.4 is 4.90 Å². The molecular formula is C21H23FN4O3S. The Balaban J connectivity index is 1.71. The van der Waals surface area contributed by atoms with Crippen molar-refractivity contribution in [3.8, 4) is 11.4 Å². The van der Waals surface area contributed by atoms with E-state index in [1.165, 1.54) is 12.1 Å². The quantitative estimate of drug-likeness (QED) is 0.686. The van der Waals surface area contributed by atoms with Crippen molar-refractivity contribution in [2.75, 3.05) is 30.4 Å². The van der Waals surface area contributed by atoms with Crippen molar-refractivity contribution in [3.05, 3.63) is 42.0 Å². The van der Waals surface area contributed by atoms with Crippen LogP contribution >= 0.6 is 0 Å². The van der Waals surface area contributed by atoms with E-state index >= 15 is 0 Å². The number of halogens is 1. The highest BCUT2D eigenvalue weighted by Gasteiger charge is 2.35. The molecule has 4 heterocycles. The van der Waals surface area contributed by atoms with Gasteiger partial charge < -0.3 is 14.6 Å². The van der Waals surface area contributed by atoms with Crippen molar-refractivity contribution in [2.24, 2.45) is 0 Å². The molecule has 2 fully saturated rings. The van der Waals surface area contributed by atoms with Crippen LogP contribution in [-0.4, -0.2) is 54.9 Å². The molecule has 0 amide bonds. The highest BCUT2D eigenvalue weighted by Crippen LogP contribution is 2.37. The Labute approximate surface area is 174 Å². The summed E-state index contributed by atoms with van der Waals surface area (Å²) in [6.45, 7) is 3.83. The van der Waals surface area contributed by atoms with Gasteiger partial charge in [0.25, 0.3) is 0 Å². The molecule has 0 bridgehead atoms. The number of benzene rings is 1. The number of morpholine rings is 1. The number of aromatic nitrogens is 3. The van der Waals surface area contributed by atoms with E-state index in [0.717, 1.165) is 5.39 Å². The molecule has 30 heavy (non-hydrogen) atoms. The molecule has 5 rings (SSSR count). The summed E-state index contributed by atoms with van der Waals surface area (Å²) in [5.41, 5.74) is 1.68. The number of fused-ring (bicyclic) bond motifs is 1. The van der Waals surface area contributed by atoms with E-state index in [-0.39, 0.29) is 11.8 Å². The first-order chi connectivity index (χ1) is 14.4. The first-order valence-corrected chi connectivity index (χ1v) is 11.9. The van der Waals surface area contributed by atoms with Gasteiger partial charge >= 0.3 is 0 Å². The monoisotopic (exact) mass is 430 g/mol. The summed E-state index contributed by atoms with van der Waals surface area (Å²) >= 11 is 0. The Morgan fingerprint density at radius 1 is 1.27 bits per heavy atom. The third-order valence-corrected chi connectivity index (χ3v) is 8.13. The van der Waals surface area contributed by atoms with Gasteiger partial charge in [0.15, 0.2) is 15.7 Å². The molecule has 2 aliphatic rings. The lowest BCUT2D eigenvalue weighted by Crippen LogP contribution is -2.44. The number of hydrogen-bond donors (Lipinski definition) is 1. The van der Waals surface area contributed by atoms with Crippen LogP contribution in [0.25, 0.3) is 22.3 Å². The van der Waals surface area contributed by atoms with Gasteiger partial charge in [-0.3, -0.25) is 0 Å². The predicted molar refractivity (Wildman–Crippen MR) is 113 cm³/mol. The molecule has 2 aliphatic heterocycles. The van der Waals surface area contributed by atoms with Crippen LogP contribution in [0.2, 0.25) is 0 Å². The Hall–Kier alpha value is -2.52. The fourth-order valence-electron chi connectivity index (χ4n) is 4.39. The number of nitrogens with zero attached hydrogens (tertiary/aromatic N) is 3. The van der Waals surface area contributed by atoms with Gasteiger partial charge in [0.2, 0.25) is 0 Å². The summed E-state index contributed by atoms with van der Waals surface area (Å²) < 4.78 is 45.1. The molecule has 9 heteroatoms. The third-order valence-electron chi connectivity index (χ3n) is 5.93. The van der Waals surface area contributed by atoms with Gasteiger partial charge in [-0.1, -0.05) is 0 Å². The lowest BCUT2D eigenvalue weighted by molar-refractivity contribution is 0.0985. The molecule has 1 aromatic carbocycles. The van der Waals surface area contributed by atoms with E-state index in [1.807, 2.05) is 13.0 Å². The number of H-pyrrole nitrogens is 1. The predicted octanol–water partition coefficient (Wildman–Crippen LogP) is 3.24. The summed E-state index contributed by atoms with van der Waals surface area (Å²) in [4.78, 5) is 14.5. The maximum absolute atomic E-state index is 14.3. The largest absolute Gasteiger partial charge is 0.377 e. The smallest absolute Gasteiger partial charge is 0.162 e. The number of aromatic amines is 1. The molecule has 0 radical (unpaired) electrons. The van der Waals surface area contributed by atoms with E-state index in [4.69, 9.17) is 9.72 Å². The molecule has 0 saturated carbocycles. The van der Waals surface area contributed by atoms with Crippen molar-refractivity contribution in [3.63, 3.8) is 0 Å². The van der Waals surface area contributed by atoms with Crippen molar-refractivity contribution in [1.29, 1.82) is 0 Å². The zero-order chi connectivity index (χ0) is 20.9. The number of ether oxygens (including phenoxy) is 1. The second kappa shape index (κ2) is 7.31. The zero-order valence-corrected chi connectivity index (χ0v) is 17.5. The van der Waals surface area contributed by atoms with Crippen LogP contribution in [0.1, 0.15) is 30.7 Å². The number of sulfone groups is 1.